The lowest BCUT2D eigenvalue weighted by Gasteiger charge is -2.01. The number of hydrogen-bond donors (Lipinski definition) is 2. The van der Waals surface area contributed by atoms with Crippen LogP contribution >= 0.6 is 0 Å². The van der Waals surface area contributed by atoms with Crippen molar-refractivity contribution in [3.63, 3.8) is 0 Å². The van der Waals surface area contributed by atoms with Crippen molar-refractivity contribution < 1.29 is 8.42 Å². The Bertz CT molecular complexity index is 388. The lowest BCUT2D eigenvalue weighted by molar-refractivity contribution is 0.586. The number of nitrogens with zero attached hydrogens (tertiary/aromatic N) is 1. The van der Waals surface area contributed by atoms with Crippen LogP contribution < -0.4 is 10.5 Å². The van der Waals surface area contributed by atoms with Crippen LogP contribution in [-0.4, -0.2) is 19.7 Å². The van der Waals surface area contributed by atoms with Crippen LogP contribution in [0.3, 0.4) is 0 Å². The first-order chi connectivity index (χ1) is 5.97. The molecule has 0 atom stereocenters. The summed E-state index contributed by atoms with van der Waals surface area (Å²) in [5, 5.41) is 0. The number of nitrogens with one attached hydrogen (secondary N) is 1. The Morgan fingerprint density at radius 2 is 2.23 bits per heavy atom. The standard InChI is InChI=1S/C7H11N3O2S/c1-13(11,12)9-5-6-3-2-4-7(8)10-6/h2-4,9H,5H2,1H3,(H2,8,10). The normalized spacial score (nSPS) is 11.5. The predicted molar refractivity (Wildman–Crippen MR) is 50.3 cm³/mol. The van der Waals surface area contributed by atoms with Crippen molar-refractivity contribution in [2.24, 2.45) is 0 Å². The lowest BCUT2D eigenvalue weighted by Crippen LogP contribution is -2.21. The van der Waals surface area contributed by atoms with Crippen LogP contribution in [0, 0.1) is 0 Å². The van der Waals surface area contributed by atoms with Gasteiger partial charge in [0.05, 0.1) is 18.5 Å². The molecule has 13 heavy (non-hydrogen) atoms. The Kier molecular flexibility index (Phi) is 2.84. The van der Waals surface area contributed by atoms with Gasteiger partial charge in [-0.3, -0.25) is 0 Å². The van der Waals surface area contributed by atoms with Crippen LogP contribution in [0.2, 0.25) is 0 Å². The SMILES string of the molecule is CS(=O)(=O)NCc1cccc(N)n1. The van der Waals surface area contributed by atoms with E-state index in [1.807, 2.05) is 0 Å². The Labute approximate surface area is 77.0 Å². The fraction of sp³-hybridized carbons (Fsp3) is 0.286. The van der Waals surface area contributed by atoms with Crippen molar-refractivity contribution in [1.82, 2.24) is 9.71 Å². The molecule has 0 unspecified atom stereocenters. The summed E-state index contributed by atoms with van der Waals surface area (Å²) in [6.07, 6.45) is 1.10. The van der Waals surface area contributed by atoms with Gasteiger partial charge in [-0.2, -0.15) is 0 Å². The number of rotatable bonds is 3. The number of pyridine rings is 1. The summed E-state index contributed by atoms with van der Waals surface area (Å²) in [4.78, 5) is 3.93. The van der Waals surface area contributed by atoms with Crippen molar-refractivity contribution in [3.8, 4) is 0 Å². The van der Waals surface area contributed by atoms with Crippen molar-refractivity contribution in [3.05, 3.63) is 23.9 Å². The summed E-state index contributed by atoms with van der Waals surface area (Å²) in [5.41, 5.74) is 6.01. The molecule has 0 fully saturated rings. The summed E-state index contributed by atoms with van der Waals surface area (Å²) in [7, 11) is -3.17. The maximum atomic E-state index is 10.7. The molecular weight excluding hydrogens is 190 g/mol. The third-order valence-corrected chi connectivity index (χ3v) is 2.01. The van der Waals surface area contributed by atoms with E-state index in [0.717, 1.165) is 6.26 Å². The molecule has 0 aliphatic heterocycles. The Morgan fingerprint density at radius 3 is 2.77 bits per heavy atom. The van der Waals surface area contributed by atoms with Gasteiger partial charge in [0, 0.05) is 0 Å². The lowest BCUT2D eigenvalue weighted by atomic mass is 10.3. The summed E-state index contributed by atoms with van der Waals surface area (Å²) >= 11 is 0. The van der Waals surface area contributed by atoms with Crippen LogP contribution in [0.5, 0.6) is 0 Å². The monoisotopic (exact) mass is 201 g/mol. The second-order valence-corrected chi connectivity index (χ2v) is 4.48. The van der Waals surface area contributed by atoms with E-state index in [9.17, 15) is 8.42 Å². The van der Waals surface area contributed by atoms with Gasteiger partial charge in [-0.1, -0.05) is 6.07 Å². The van der Waals surface area contributed by atoms with Crippen LogP contribution in [-0.2, 0) is 16.6 Å². The molecule has 1 aromatic rings. The Morgan fingerprint density at radius 1 is 1.54 bits per heavy atom. The molecule has 3 N–H and O–H groups in total. The van der Waals surface area contributed by atoms with Crippen molar-refractivity contribution in [2.45, 2.75) is 6.54 Å². The number of hydrogen-bond acceptors (Lipinski definition) is 4. The molecule has 1 rings (SSSR count). The zero-order valence-electron chi connectivity index (χ0n) is 7.19. The van der Waals surface area contributed by atoms with Gasteiger partial charge in [0.2, 0.25) is 10.0 Å². The van der Waals surface area contributed by atoms with E-state index >= 15 is 0 Å². The van der Waals surface area contributed by atoms with E-state index < -0.39 is 10.0 Å². The Balaban J connectivity index is 2.65. The third kappa shape index (κ3) is 3.86. The number of aromatic nitrogens is 1. The molecule has 72 valence electrons. The Hall–Kier alpha value is -1.14. The van der Waals surface area contributed by atoms with Crippen molar-refractivity contribution in [2.75, 3.05) is 12.0 Å². The minimum Gasteiger partial charge on any atom is -0.384 e. The quantitative estimate of drug-likeness (QED) is 0.704. The molecule has 0 bridgehead atoms. The summed E-state index contributed by atoms with van der Waals surface area (Å²) in [5.74, 6) is 0.382. The molecular formula is C7H11N3O2S. The molecule has 6 heteroatoms. The van der Waals surface area contributed by atoms with Crippen molar-refractivity contribution in [1.29, 1.82) is 0 Å². The molecule has 0 aliphatic carbocycles. The molecule has 0 saturated heterocycles. The molecule has 1 heterocycles. The van der Waals surface area contributed by atoms with Crippen LogP contribution in [0.15, 0.2) is 18.2 Å². The minimum atomic E-state index is -3.17. The fourth-order valence-electron chi connectivity index (χ4n) is 0.802. The molecule has 0 amide bonds. The van der Waals surface area contributed by atoms with E-state index in [4.69, 9.17) is 5.73 Å². The first-order valence-electron chi connectivity index (χ1n) is 3.63. The number of nitrogens with two attached hydrogens (primary N) is 1. The van der Waals surface area contributed by atoms with Gasteiger partial charge in [-0.15, -0.1) is 0 Å². The average molecular weight is 201 g/mol. The minimum absolute atomic E-state index is 0.171. The van der Waals surface area contributed by atoms with Gasteiger partial charge in [0.1, 0.15) is 5.82 Å². The largest absolute Gasteiger partial charge is 0.384 e. The number of sulfonamides is 1. The van der Waals surface area contributed by atoms with E-state index in [0.29, 0.717) is 11.5 Å². The van der Waals surface area contributed by atoms with Gasteiger partial charge in [0.25, 0.3) is 0 Å². The molecule has 0 aliphatic rings. The zero-order valence-corrected chi connectivity index (χ0v) is 8.00. The molecule has 5 nitrogen and oxygen atoms in total. The first-order valence-corrected chi connectivity index (χ1v) is 5.52. The molecule has 0 saturated carbocycles. The van der Waals surface area contributed by atoms with Crippen LogP contribution in [0.4, 0.5) is 5.82 Å². The average Bonchev–Trinajstić information content (AvgIpc) is 2.00. The third-order valence-electron chi connectivity index (χ3n) is 1.34. The van der Waals surface area contributed by atoms with Gasteiger partial charge in [-0.05, 0) is 12.1 Å². The topological polar surface area (TPSA) is 85.1 Å². The molecule has 1 aromatic heterocycles. The second kappa shape index (κ2) is 3.71. The summed E-state index contributed by atoms with van der Waals surface area (Å²) < 4.78 is 23.8. The molecule has 0 spiro atoms. The van der Waals surface area contributed by atoms with Crippen LogP contribution in [0.25, 0.3) is 0 Å². The predicted octanol–water partition coefficient (Wildman–Crippen LogP) is -0.287. The van der Waals surface area contributed by atoms with Gasteiger partial charge in [0.15, 0.2) is 0 Å². The zero-order chi connectivity index (χ0) is 9.90. The summed E-state index contributed by atoms with van der Waals surface area (Å²) in [6, 6.07) is 5.07. The highest BCUT2D eigenvalue weighted by Crippen LogP contribution is 1.99. The van der Waals surface area contributed by atoms with E-state index in [1.165, 1.54) is 0 Å². The highest BCUT2D eigenvalue weighted by atomic mass is 32.2. The number of nitrogen functional groups attached to an aromatic ring is 1. The molecule has 0 aromatic carbocycles. The van der Waals surface area contributed by atoms with E-state index in [1.54, 1.807) is 18.2 Å². The fourth-order valence-corrected chi connectivity index (χ4v) is 1.21. The van der Waals surface area contributed by atoms with E-state index in [2.05, 4.69) is 9.71 Å². The first kappa shape index (κ1) is 9.94. The smallest absolute Gasteiger partial charge is 0.209 e. The highest BCUT2D eigenvalue weighted by Gasteiger charge is 2.01. The van der Waals surface area contributed by atoms with E-state index in [-0.39, 0.29) is 6.54 Å². The summed E-state index contributed by atoms with van der Waals surface area (Å²) in [6.45, 7) is 0.171. The highest BCUT2D eigenvalue weighted by molar-refractivity contribution is 7.88. The van der Waals surface area contributed by atoms with Gasteiger partial charge in [-0.25, -0.2) is 18.1 Å². The maximum absolute atomic E-state index is 10.7. The molecule has 0 radical (unpaired) electrons. The second-order valence-electron chi connectivity index (χ2n) is 2.65. The number of anilines is 1. The van der Waals surface area contributed by atoms with Gasteiger partial charge < -0.3 is 5.73 Å². The van der Waals surface area contributed by atoms with Gasteiger partial charge >= 0.3 is 0 Å². The maximum Gasteiger partial charge on any atom is 0.209 e. The van der Waals surface area contributed by atoms with Crippen molar-refractivity contribution >= 4 is 15.8 Å². The van der Waals surface area contributed by atoms with Crippen LogP contribution in [0.1, 0.15) is 5.69 Å².